The van der Waals surface area contributed by atoms with Crippen LogP contribution in [-0.4, -0.2) is 15.9 Å². The number of aromatic nitrogens is 2. The molecule has 1 aromatic heterocycles. The fraction of sp³-hybridized carbons (Fsp3) is 0.353. The van der Waals surface area contributed by atoms with Crippen LogP contribution in [0.5, 0.6) is 0 Å². The molecule has 0 saturated carbocycles. The van der Waals surface area contributed by atoms with Crippen LogP contribution in [0.3, 0.4) is 0 Å². The van der Waals surface area contributed by atoms with E-state index >= 15 is 0 Å². The molecule has 1 aromatic carbocycles. The summed E-state index contributed by atoms with van der Waals surface area (Å²) in [5, 5.41) is 2.94. The Bertz CT molecular complexity index is 699. The number of fused-ring (bicyclic) bond motifs is 1. The highest BCUT2D eigenvalue weighted by Crippen LogP contribution is 2.25. The van der Waals surface area contributed by atoms with Crippen LogP contribution in [0.25, 0.3) is 0 Å². The first-order valence-corrected chi connectivity index (χ1v) is 7.64. The minimum atomic E-state index is -0.296. The maximum atomic E-state index is 12.2. The van der Waals surface area contributed by atoms with E-state index in [4.69, 9.17) is 5.73 Å². The average Bonchev–Trinajstić information content (AvgIpc) is 2.54. The molecule has 0 aliphatic heterocycles. The third-order valence-electron chi connectivity index (χ3n) is 4.16. The van der Waals surface area contributed by atoms with Gasteiger partial charge >= 0.3 is 0 Å². The topological polar surface area (TPSA) is 80.9 Å². The van der Waals surface area contributed by atoms with Crippen molar-refractivity contribution in [3.05, 3.63) is 53.0 Å². The predicted octanol–water partition coefficient (Wildman–Crippen LogP) is 2.43. The lowest BCUT2D eigenvalue weighted by atomic mass is 9.89. The number of anilines is 1. The van der Waals surface area contributed by atoms with Crippen LogP contribution >= 0.6 is 0 Å². The largest absolute Gasteiger partial charge is 0.382 e. The number of carbonyl (C=O) groups excluding carboxylic acids is 1. The Morgan fingerprint density at radius 3 is 2.68 bits per heavy atom. The molecule has 22 heavy (non-hydrogen) atoms. The Labute approximate surface area is 130 Å². The fourth-order valence-electron chi connectivity index (χ4n) is 2.89. The van der Waals surface area contributed by atoms with Gasteiger partial charge < -0.3 is 11.1 Å². The number of hydrogen-bond donors (Lipinski definition) is 2. The number of benzene rings is 1. The van der Waals surface area contributed by atoms with Crippen molar-refractivity contribution in [3.8, 4) is 0 Å². The van der Waals surface area contributed by atoms with Crippen LogP contribution < -0.4 is 11.1 Å². The number of nitrogens with zero attached hydrogens (tertiary/aromatic N) is 2. The molecule has 5 heteroatoms. The molecule has 0 saturated heterocycles. The van der Waals surface area contributed by atoms with E-state index in [9.17, 15) is 4.79 Å². The van der Waals surface area contributed by atoms with Gasteiger partial charge in [-0.15, -0.1) is 0 Å². The fourth-order valence-corrected chi connectivity index (χ4v) is 2.89. The van der Waals surface area contributed by atoms with Crippen LogP contribution in [0, 0.1) is 0 Å². The van der Waals surface area contributed by atoms with E-state index < -0.39 is 0 Å². The number of hydrogen-bond acceptors (Lipinski definition) is 4. The maximum Gasteiger partial charge on any atom is 0.274 e. The molecule has 2 aromatic rings. The van der Waals surface area contributed by atoms with Crippen molar-refractivity contribution in [1.82, 2.24) is 15.3 Å². The van der Waals surface area contributed by atoms with E-state index in [1.165, 1.54) is 36.4 Å². The molecule has 3 N–H and O–H groups in total. The van der Waals surface area contributed by atoms with E-state index in [1.807, 2.05) is 6.92 Å². The van der Waals surface area contributed by atoms with Gasteiger partial charge in [0, 0.05) is 12.4 Å². The van der Waals surface area contributed by atoms with Crippen LogP contribution in [0.4, 0.5) is 5.82 Å². The van der Waals surface area contributed by atoms with Crippen LogP contribution in [0.1, 0.15) is 53.0 Å². The molecule has 1 amide bonds. The van der Waals surface area contributed by atoms with Gasteiger partial charge in [0.15, 0.2) is 11.5 Å². The van der Waals surface area contributed by atoms with Gasteiger partial charge in [0.2, 0.25) is 0 Å². The monoisotopic (exact) mass is 296 g/mol. The van der Waals surface area contributed by atoms with E-state index in [1.54, 1.807) is 0 Å². The predicted molar refractivity (Wildman–Crippen MR) is 85.4 cm³/mol. The zero-order valence-electron chi connectivity index (χ0n) is 12.7. The molecule has 1 aliphatic carbocycles. The third kappa shape index (κ3) is 2.93. The van der Waals surface area contributed by atoms with Crippen molar-refractivity contribution in [3.63, 3.8) is 0 Å². The lowest BCUT2D eigenvalue weighted by molar-refractivity contribution is 0.0935. The van der Waals surface area contributed by atoms with Crippen LogP contribution in [-0.2, 0) is 12.8 Å². The quantitative estimate of drug-likeness (QED) is 0.911. The molecule has 0 fully saturated rings. The SMILES string of the molecule is CC(NC(=O)c1nccnc1N)c1ccc2c(c1)CCCC2. The maximum absolute atomic E-state index is 12.2. The zero-order chi connectivity index (χ0) is 15.5. The van der Waals surface area contributed by atoms with Crippen molar-refractivity contribution >= 4 is 11.7 Å². The van der Waals surface area contributed by atoms with Crippen molar-refractivity contribution in [2.45, 2.75) is 38.6 Å². The first kappa shape index (κ1) is 14.5. The van der Waals surface area contributed by atoms with Gasteiger partial charge in [-0.05, 0) is 49.3 Å². The second-order valence-electron chi connectivity index (χ2n) is 5.72. The second-order valence-corrected chi connectivity index (χ2v) is 5.72. The van der Waals surface area contributed by atoms with Crippen molar-refractivity contribution in [2.75, 3.05) is 5.73 Å². The summed E-state index contributed by atoms with van der Waals surface area (Å²) in [6.45, 7) is 1.97. The minimum Gasteiger partial charge on any atom is -0.382 e. The van der Waals surface area contributed by atoms with Gasteiger partial charge in [0.1, 0.15) is 0 Å². The molecule has 3 rings (SSSR count). The molecule has 1 unspecified atom stereocenters. The Balaban J connectivity index is 1.76. The highest BCUT2D eigenvalue weighted by atomic mass is 16.2. The number of rotatable bonds is 3. The van der Waals surface area contributed by atoms with Gasteiger partial charge in [-0.3, -0.25) is 4.79 Å². The smallest absolute Gasteiger partial charge is 0.274 e. The summed E-state index contributed by atoms with van der Waals surface area (Å²) in [6.07, 6.45) is 7.74. The molecule has 0 spiro atoms. The Morgan fingerprint density at radius 1 is 1.18 bits per heavy atom. The van der Waals surface area contributed by atoms with Gasteiger partial charge in [0.05, 0.1) is 6.04 Å². The minimum absolute atomic E-state index is 0.0962. The number of nitrogens with two attached hydrogens (primary N) is 1. The van der Waals surface area contributed by atoms with Crippen LogP contribution in [0.15, 0.2) is 30.6 Å². The Morgan fingerprint density at radius 2 is 1.91 bits per heavy atom. The molecule has 114 valence electrons. The third-order valence-corrected chi connectivity index (χ3v) is 4.16. The Hall–Kier alpha value is -2.43. The molecule has 0 bridgehead atoms. The summed E-state index contributed by atoms with van der Waals surface area (Å²) in [6, 6.07) is 6.39. The number of nitrogen functional groups attached to an aromatic ring is 1. The molecular formula is C17H20N4O. The number of carbonyl (C=O) groups is 1. The average molecular weight is 296 g/mol. The van der Waals surface area contributed by atoms with E-state index in [0.717, 1.165) is 18.4 Å². The van der Waals surface area contributed by atoms with Gasteiger partial charge in [-0.2, -0.15) is 0 Å². The first-order valence-electron chi connectivity index (χ1n) is 7.64. The summed E-state index contributed by atoms with van der Waals surface area (Å²) in [5.41, 5.74) is 9.82. The highest BCUT2D eigenvalue weighted by Gasteiger charge is 2.17. The molecule has 5 nitrogen and oxygen atoms in total. The van der Waals surface area contributed by atoms with Crippen LogP contribution in [0.2, 0.25) is 0 Å². The van der Waals surface area contributed by atoms with Gasteiger partial charge in [0.25, 0.3) is 5.91 Å². The first-order chi connectivity index (χ1) is 10.6. The van der Waals surface area contributed by atoms with Crippen molar-refractivity contribution < 1.29 is 4.79 Å². The summed E-state index contributed by atoms with van der Waals surface area (Å²) >= 11 is 0. The summed E-state index contributed by atoms with van der Waals surface area (Å²) in [5.74, 6) is -0.145. The number of aryl methyl sites for hydroxylation is 2. The molecular weight excluding hydrogens is 276 g/mol. The van der Waals surface area contributed by atoms with Gasteiger partial charge in [-0.25, -0.2) is 9.97 Å². The van der Waals surface area contributed by atoms with E-state index in [-0.39, 0.29) is 23.5 Å². The van der Waals surface area contributed by atoms with Gasteiger partial charge in [-0.1, -0.05) is 18.2 Å². The molecule has 1 aliphatic rings. The summed E-state index contributed by atoms with van der Waals surface area (Å²) in [4.78, 5) is 20.1. The zero-order valence-corrected chi connectivity index (χ0v) is 12.7. The lowest BCUT2D eigenvalue weighted by Crippen LogP contribution is -2.28. The number of amides is 1. The van der Waals surface area contributed by atoms with E-state index in [0.29, 0.717) is 0 Å². The highest BCUT2D eigenvalue weighted by molar-refractivity contribution is 5.96. The summed E-state index contributed by atoms with van der Waals surface area (Å²) in [7, 11) is 0. The van der Waals surface area contributed by atoms with Crippen molar-refractivity contribution in [1.29, 1.82) is 0 Å². The normalized spacial score (nSPS) is 15.0. The Kier molecular flexibility index (Phi) is 4.04. The van der Waals surface area contributed by atoms with Crippen molar-refractivity contribution in [2.24, 2.45) is 0 Å². The summed E-state index contributed by atoms with van der Waals surface area (Å²) < 4.78 is 0. The molecule has 0 radical (unpaired) electrons. The second kappa shape index (κ2) is 6.13. The number of nitrogens with one attached hydrogen (secondary N) is 1. The lowest BCUT2D eigenvalue weighted by Gasteiger charge is -2.20. The molecule has 1 atom stereocenters. The van der Waals surface area contributed by atoms with E-state index in [2.05, 4.69) is 33.5 Å². The molecule has 1 heterocycles. The standard InChI is InChI=1S/C17H20N4O/c1-11(21-17(22)15-16(18)20-9-8-19-15)13-7-6-12-4-2-3-5-14(12)10-13/h6-11H,2-5H2,1H3,(H2,18,20)(H,21,22).